The Hall–Kier alpha value is -5.70. The van der Waals surface area contributed by atoms with Crippen LogP contribution in [0.3, 0.4) is 0 Å². The van der Waals surface area contributed by atoms with Crippen molar-refractivity contribution >= 4 is 32.9 Å². The second kappa shape index (κ2) is 21.3. The van der Waals surface area contributed by atoms with Crippen LogP contribution >= 0.6 is 0 Å². The Morgan fingerprint density at radius 1 is 0.924 bits per heavy atom. The zero-order chi connectivity index (χ0) is 46.1. The smallest absolute Gasteiger partial charge is 0.245 e. The van der Waals surface area contributed by atoms with E-state index in [2.05, 4.69) is 17.6 Å². The first-order valence-electron chi connectivity index (χ1n) is 23.1. The molecule has 0 saturated heterocycles. The number of aliphatic hydroxyl groups is 2. The summed E-state index contributed by atoms with van der Waals surface area (Å²) in [5, 5.41) is 25.6. The molecular formula is C53H59N3O9S. The molecule has 0 spiro atoms. The molecule has 6 atom stereocenters. The predicted octanol–water partition coefficient (Wildman–Crippen LogP) is 9.77. The summed E-state index contributed by atoms with van der Waals surface area (Å²) in [5.41, 5.74) is 4.10. The molecule has 0 amide bonds. The number of allylic oxidation sites excluding steroid dienone is 1. The zero-order valence-electron chi connectivity index (χ0n) is 37.4. The van der Waals surface area contributed by atoms with Gasteiger partial charge < -0.3 is 29.3 Å². The Labute approximate surface area is 387 Å². The third-order valence-corrected chi connectivity index (χ3v) is 15.0. The molecule has 3 aliphatic rings. The minimum Gasteiger partial charge on any atom is -0.460 e. The first kappa shape index (κ1) is 46.8. The number of benzene rings is 4. The van der Waals surface area contributed by atoms with E-state index in [1.54, 1.807) is 54.7 Å². The summed E-state index contributed by atoms with van der Waals surface area (Å²) in [6, 6.07) is 30.3. The Morgan fingerprint density at radius 2 is 1.70 bits per heavy atom. The summed E-state index contributed by atoms with van der Waals surface area (Å²) >= 11 is 0. The number of hydrogen-bond acceptors (Lipinski definition) is 11. The molecule has 1 aliphatic heterocycles. The first-order chi connectivity index (χ1) is 32.3. The van der Waals surface area contributed by atoms with Gasteiger partial charge >= 0.3 is 0 Å². The number of carbonyl (C=O) groups is 1. The number of carbonyl (C=O) groups excluding carboxylic acids is 1. The molecule has 1 saturated carbocycles. The van der Waals surface area contributed by atoms with Crippen LogP contribution in [0, 0.1) is 17.8 Å². The van der Waals surface area contributed by atoms with Gasteiger partial charge in [0.2, 0.25) is 15.8 Å². The number of fused-ring (bicyclic) bond motifs is 3. The van der Waals surface area contributed by atoms with Crippen LogP contribution in [0.1, 0.15) is 85.7 Å². The lowest BCUT2D eigenvalue weighted by Crippen LogP contribution is -2.70. The standard InChI is InChI=1S/C53H59N3O9S/c1-3-27-56(66(60,61)48-23-13-19-39-20-14-26-54-52(39)48)49-34-46(55-63-36-37-15-6-5-7-16-37)44-32-40(18-8-10-28-57)43(22-9-11-29-58)50-45-33-42(64-41-21-12-17-38(31-41)35-59)24-25-47(45)65-53(49,51(44)50)62-30-4-2/h4-7,12-17,19-21,23-26,31-33,35,40,43,49-51,57-58H,2-3,8-11,18,22,27-30,34,36H2,1H3/t40-,43+,49-,50+,51+,53+/m0/s1. The van der Waals surface area contributed by atoms with Crippen molar-refractivity contribution in [3.8, 4) is 17.2 Å². The van der Waals surface area contributed by atoms with Crippen molar-refractivity contribution in [2.75, 3.05) is 26.4 Å². The number of rotatable bonds is 22. The maximum Gasteiger partial charge on any atom is 0.245 e. The van der Waals surface area contributed by atoms with Crippen molar-refractivity contribution in [1.29, 1.82) is 0 Å². The van der Waals surface area contributed by atoms with Crippen molar-refractivity contribution in [1.82, 2.24) is 9.29 Å². The number of nitrogens with zero attached hydrogens (tertiary/aromatic N) is 3. The number of para-hydroxylation sites is 1. The molecule has 0 bridgehead atoms. The van der Waals surface area contributed by atoms with Crippen LogP contribution in [-0.4, -0.2) is 78.1 Å². The van der Waals surface area contributed by atoms with Gasteiger partial charge in [0.1, 0.15) is 35.0 Å². The monoisotopic (exact) mass is 913 g/mol. The summed E-state index contributed by atoms with van der Waals surface area (Å²) in [6.07, 6.45) is 11.2. The highest BCUT2D eigenvalue weighted by Crippen LogP contribution is 2.62. The fourth-order valence-electron chi connectivity index (χ4n) is 10.3. The minimum atomic E-state index is -4.32. The van der Waals surface area contributed by atoms with Crippen LogP contribution in [0.25, 0.3) is 10.9 Å². The molecule has 4 aromatic carbocycles. The second-order valence-corrected chi connectivity index (χ2v) is 19.1. The molecule has 2 heterocycles. The highest BCUT2D eigenvalue weighted by Gasteiger charge is 2.66. The minimum absolute atomic E-state index is 0.00324. The van der Waals surface area contributed by atoms with Gasteiger partial charge in [0, 0.05) is 54.8 Å². The van der Waals surface area contributed by atoms with Gasteiger partial charge in [-0.2, -0.15) is 4.31 Å². The summed E-state index contributed by atoms with van der Waals surface area (Å²) in [5.74, 6) is -1.05. The SMILES string of the molecule is C=CCO[C@@]12Oc3ccc(Oc4cccc(C=O)c4)cc3[C@H]3[C@H](CCCCO)[C@@H](CCCCO)C=C(C(=NOCc4ccccc4)C[C@@H]1N(CCC)S(=O)(=O)c1cccc4cccnc14)[C@H]32. The topological polar surface area (TPSA) is 157 Å². The lowest BCUT2D eigenvalue weighted by molar-refractivity contribution is -0.251. The van der Waals surface area contributed by atoms with Crippen LogP contribution in [0.5, 0.6) is 17.2 Å². The van der Waals surface area contributed by atoms with Crippen molar-refractivity contribution in [2.24, 2.45) is 22.9 Å². The molecule has 1 fully saturated rings. The largest absolute Gasteiger partial charge is 0.460 e. The lowest BCUT2D eigenvalue weighted by atomic mass is 9.55. The predicted molar refractivity (Wildman–Crippen MR) is 254 cm³/mol. The molecule has 8 rings (SSSR count). The summed E-state index contributed by atoms with van der Waals surface area (Å²) in [7, 11) is -4.32. The number of sulfonamides is 1. The first-order valence-corrected chi connectivity index (χ1v) is 24.5. The molecule has 2 N–H and O–H groups in total. The quantitative estimate of drug-likeness (QED) is 0.0297. The van der Waals surface area contributed by atoms with Crippen LogP contribution < -0.4 is 9.47 Å². The molecule has 346 valence electrons. The van der Waals surface area contributed by atoms with Gasteiger partial charge in [0.25, 0.3) is 0 Å². The summed E-state index contributed by atoms with van der Waals surface area (Å²) in [6.45, 7) is 6.49. The molecular weight excluding hydrogens is 855 g/mol. The van der Waals surface area contributed by atoms with E-state index in [-0.39, 0.29) is 62.0 Å². The zero-order valence-corrected chi connectivity index (χ0v) is 38.2. The van der Waals surface area contributed by atoms with Crippen molar-refractivity contribution in [3.05, 3.63) is 150 Å². The van der Waals surface area contributed by atoms with E-state index in [4.69, 9.17) is 24.2 Å². The van der Waals surface area contributed by atoms with E-state index in [0.717, 1.165) is 48.7 Å². The van der Waals surface area contributed by atoms with Crippen molar-refractivity contribution < 1.29 is 42.5 Å². The third-order valence-electron chi connectivity index (χ3n) is 13.1. The van der Waals surface area contributed by atoms with E-state index >= 15 is 8.42 Å². The Morgan fingerprint density at radius 3 is 2.47 bits per heavy atom. The van der Waals surface area contributed by atoms with Gasteiger partial charge in [-0.25, -0.2) is 8.42 Å². The average Bonchev–Trinajstić information content (AvgIpc) is 3.34. The van der Waals surface area contributed by atoms with Gasteiger partial charge in [-0.1, -0.05) is 97.7 Å². The van der Waals surface area contributed by atoms with Gasteiger partial charge in [-0.05, 0) is 97.5 Å². The maximum atomic E-state index is 15.6. The molecule has 66 heavy (non-hydrogen) atoms. The van der Waals surface area contributed by atoms with Crippen LogP contribution in [-0.2, 0) is 26.2 Å². The molecule has 0 unspecified atom stereocenters. The number of aromatic nitrogens is 1. The molecule has 2 aliphatic carbocycles. The molecule has 1 aromatic heterocycles. The average molecular weight is 914 g/mol. The number of ether oxygens (including phenoxy) is 3. The lowest BCUT2D eigenvalue weighted by Gasteiger charge is -2.59. The summed E-state index contributed by atoms with van der Waals surface area (Å²) < 4.78 is 53.7. The van der Waals surface area contributed by atoms with Gasteiger partial charge in [-0.15, -0.1) is 6.58 Å². The van der Waals surface area contributed by atoms with Crippen molar-refractivity contribution in [2.45, 2.75) is 87.5 Å². The van der Waals surface area contributed by atoms with E-state index in [1.165, 1.54) is 4.31 Å². The van der Waals surface area contributed by atoms with Crippen LogP contribution in [0.15, 0.2) is 144 Å². The Balaban J connectivity index is 1.37. The number of oxime groups is 1. The molecule has 5 aromatic rings. The fraction of sp³-hybridized carbons (Fsp3) is 0.377. The number of aldehydes is 1. The fourth-order valence-corrected chi connectivity index (χ4v) is 12.2. The van der Waals surface area contributed by atoms with Gasteiger partial charge in [0.15, 0.2) is 0 Å². The van der Waals surface area contributed by atoms with E-state index < -0.39 is 27.8 Å². The van der Waals surface area contributed by atoms with Crippen LogP contribution in [0.2, 0.25) is 0 Å². The van der Waals surface area contributed by atoms with E-state index in [1.807, 2.05) is 67.6 Å². The Kier molecular flexibility index (Phi) is 15.1. The maximum absolute atomic E-state index is 15.6. The number of pyridine rings is 1. The Bertz CT molecular complexity index is 2650. The summed E-state index contributed by atoms with van der Waals surface area (Å²) in [4.78, 5) is 22.6. The normalized spacial score (nSPS) is 22.8. The number of unbranched alkanes of at least 4 members (excludes halogenated alkanes) is 2. The second-order valence-electron chi connectivity index (χ2n) is 17.3. The highest BCUT2D eigenvalue weighted by molar-refractivity contribution is 7.89. The van der Waals surface area contributed by atoms with Crippen molar-refractivity contribution in [3.63, 3.8) is 0 Å². The van der Waals surface area contributed by atoms with Gasteiger partial charge in [-0.3, -0.25) is 9.78 Å². The highest BCUT2D eigenvalue weighted by atomic mass is 32.2. The number of aliphatic hydroxyl groups excluding tert-OH is 2. The molecule has 13 heteroatoms. The number of hydrogen-bond donors (Lipinski definition) is 2. The van der Waals surface area contributed by atoms with Crippen LogP contribution in [0.4, 0.5) is 0 Å². The van der Waals surface area contributed by atoms with E-state index in [0.29, 0.717) is 58.7 Å². The molecule has 0 radical (unpaired) electrons. The molecule has 12 nitrogen and oxygen atoms in total. The third kappa shape index (κ3) is 9.59. The van der Waals surface area contributed by atoms with Gasteiger partial charge in [0.05, 0.1) is 29.8 Å². The van der Waals surface area contributed by atoms with E-state index in [9.17, 15) is 15.0 Å².